The number of amides is 2. The maximum atomic E-state index is 12.0. The zero-order valence-electron chi connectivity index (χ0n) is 16.3. The molecule has 0 atom stereocenters. The molecule has 2 amide bonds. The average Bonchev–Trinajstić information content (AvgIpc) is 2.43. The van der Waals surface area contributed by atoms with Gasteiger partial charge in [0.1, 0.15) is 11.2 Å². The number of halogens is 2. The number of benzene rings is 1. The van der Waals surface area contributed by atoms with Crippen LogP contribution >= 0.6 is 23.2 Å². The van der Waals surface area contributed by atoms with Gasteiger partial charge in [-0.2, -0.15) is 0 Å². The van der Waals surface area contributed by atoms with Gasteiger partial charge in [0.15, 0.2) is 0 Å². The van der Waals surface area contributed by atoms with Gasteiger partial charge in [-0.05, 0) is 65.3 Å². The van der Waals surface area contributed by atoms with E-state index < -0.39 is 23.4 Å². The number of aliphatic imine (C=N–C) groups is 1. The molecule has 0 saturated carbocycles. The smallest absolute Gasteiger partial charge is 0.414 e. The Bertz CT molecular complexity index is 690. The van der Waals surface area contributed by atoms with E-state index in [-0.39, 0.29) is 12.5 Å². The lowest BCUT2D eigenvalue weighted by molar-refractivity contribution is 0.0545. The molecule has 0 aliphatic carbocycles. The van der Waals surface area contributed by atoms with Crippen molar-refractivity contribution in [2.24, 2.45) is 4.99 Å². The Hall–Kier alpha value is -1.99. The molecule has 0 spiro atoms. The first-order valence-corrected chi connectivity index (χ1v) is 8.99. The van der Waals surface area contributed by atoms with Gasteiger partial charge in [-0.15, -0.1) is 0 Å². The summed E-state index contributed by atoms with van der Waals surface area (Å²) in [6.45, 7) is 10.4. The van der Waals surface area contributed by atoms with Crippen molar-refractivity contribution in [2.75, 3.05) is 0 Å². The van der Waals surface area contributed by atoms with Gasteiger partial charge >= 0.3 is 12.2 Å². The molecular formula is C18H25Cl2N3O4. The van der Waals surface area contributed by atoms with E-state index in [0.29, 0.717) is 15.6 Å². The fraction of sp³-hybridized carbons (Fsp3) is 0.500. The van der Waals surface area contributed by atoms with Gasteiger partial charge in [0.25, 0.3) is 0 Å². The Morgan fingerprint density at radius 2 is 1.44 bits per heavy atom. The number of alkyl carbamates (subject to hydrolysis) is 2. The molecule has 0 bridgehead atoms. The van der Waals surface area contributed by atoms with Crippen molar-refractivity contribution in [2.45, 2.75) is 59.3 Å². The van der Waals surface area contributed by atoms with Gasteiger partial charge in [0.2, 0.25) is 5.96 Å². The highest BCUT2D eigenvalue weighted by atomic mass is 35.5. The topological polar surface area (TPSA) is 89.0 Å². The summed E-state index contributed by atoms with van der Waals surface area (Å²) in [5.74, 6) is -0.130. The summed E-state index contributed by atoms with van der Waals surface area (Å²) in [6.07, 6.45) is -1.54. The Morgan fingerprint density at radius 1 is 0.963 bits per heavy atom. The van der Waals surface area contributed by atoms with Crippen LogP contribution in [-0.2, 0) is 16.0 Å². The van der Waals surface area contributed by atoms with E-state index in [9.17, 15) is 9.59 Å². The Kier molecular flexibility index (Phi) is 7.92. The van der Waals surface area contributed by atoms with E-state index in [1.807, 2.05) is 0 Å². The van der Waals surface area contributed by atoms with Crippen LogP contribution in [0.2, 0.25) is 10.0 Å². The highest BCUT2D eigenvalue weighted by Crippen LogP contribution is 2.21. The first-order valence-electron chi connectivity index (χ1n) is 8.23. The number of ether oxygens (including phenoxy) is 2. The second kappa shape index (κ2) is 9.28. The summed E-state index contributed by atoms with van der Waals surface area (Å²) in [4.78, 5) is 28.2. The minimum atomic E-state index is -0.769. The Labute approximate surface area is 169 Å². The summed E-state index contributed by atoms with van der Waals surface area (Å²) < 4.78 is 10.4. The zero-order valence-corrected chi connectivity index (χ0v) is 17.8. The van der Waals surface area contributed by atoms with Crippen LogP contribution in [0.15, 0.2) is 23.2 Å². The van der Waals surface area contributed by atoms with Gasteiger partial charge in [0.05, 0.1) is 6.54 Å². The largest absolute Gasteiger partial charge is 0.444 e. The molecule has 1 rings (SSSR count). The SMILES string of the molecule is CC(C)(C)OC(=O)NC(=NCc1cc(Cl)ccc1Cl)NC(=O)OC(C)(C)C. The number of rotatable bonds is 2. The molecule has 1 aromatic carbocycles. The fourth-order valence-corrected chi connectivity index (χ4v) is 2.11. The first kappa shape index (κ1) is 23.0. The molecular weight excluding hydrogens is 393 g/mol. The second-order valence-corrected chi connectivity index (χ2v) is 8.50. The van der Waals surface area contributed by atoms with Gasteiger partial charge in [-0.1, -0.05) is 23.2 Å². The van der Waals surface area contributed by atoms with E-state index in [1.54, 1.807) is 59.7 Å². The number of guanidine groups is 1. The van der Waals surface area contributed by atoms with Crippen molar-refractivity contribution in [3.63, 3.8) is 0 Å². The molecule has 0 aliphatic heterocycles. The lowest BCUT2D eigenvalue weighted by atomic mass is 10.2. The van der Waals surface area contributed by atoms with Gasteiger partial charge in [0, 0.05) is 10.0 Å². The van der Waals surface area contributed by atoms with E-state index in [4.69, 9.17) is 32.7 Å². The maximum absolute atomic E-state index is 12.0. The number of hydrogen-bond donors (Lipinski definition) is 2. The van der Waals surface area contributed by atoms with Crippen molar-refractivity contribution in [1.82, 2.24) is 10.6 Å². The quantitative estimate of drug-likeness (QED) is 0.528. The predicted octanol–water partition coefficient (Wildman–Crippen LogP) is 4.90. The Morgan fingerprint density at radius 3 is 1.89 bits per heavy atom. The molecule has 0 aromatic heterocycles. The standard InChI is InChI=1S/C18H25Cl2N3O4/c1-17(2,3)26-15(24)22-14(23-16(25)27-18(4,5)6)21-10-11-9-12(19)7-8-13(11)20/h7-9H,10H2,1-6H3,(H2,21,22,23,24,25). The van der Waals surface area contributed by atoms with Crippen molar-refractivity contribution in [3.05, 3.63) is 33.8 Å². The van der Waals surface area contributed by atoms with Crippen LogP contribution in [0.1, 0.15) is 47.1 Å². The Balaban J connectivity index is 2.96. The minimum Gasteiger partial charge on any atom is -0.444 e. The second-order valence-electron chi connectivity index (χ2n) is 7.65. The van der Waals surface area contributed by atoms with Crippen LogP contribution < -0.4 is 10.6 Å². The normalized spacial score (nSPS) is 11.4. The highest BCUT2D eigenvalue weighted by molar-refractivity contribution is 6.33. The van der Waals surface area contributed by atoms with E-state index in [2.05, 4.69) is 15.6 Å². The van der Waals surface area contributed by atoms with Crippen molar-refractivity contribution in [1.29, 1.82) is 0 Å². The lowest BCUT2D eigenvalue weighted by Crippen LogP contribution is -2.47. The fourth-order valence-electron chi connectivity index (χ4n) is 1.74. The van der Waals surface area contributed by atoms with Gasteiger partial charge < -0.3 is 9.47 Å². The van der Waals surface area contributed by atoms with Crippen LogP contribution in [0.25, 0.3) is 0 Å². The summed E-state index contributed by atoms with van der Waals surface area (Å²) in [7, 11) is 0. The number of carbonyl (C=O) groups is 2. The molecule has 27 heavy (non-hydrogen) atoms. The van der Waals surface area contributed by atoms with Gasteiger partial charge in [-0.3, -0.25) is 10.6 Å². The van der Waals surface area contributed by atoms with Crippen molar-refractivity contribution in [3.8, 4) is 0 Å². The first-order chi connectivity index (χ1) is 12.2. The highest BCUT2D eigenvalue weighted by Gasteiger charge is 2.21. The van der Waals surface area contributed by atoms with E-state index in [1.165, 1.54) is 0 Å². The third-order valence-corrected chi connectivity index (χ3v) is 3.26. The number of nitrogens with one attached hydrogen (secondary N) is 2. The van der Waals surface area contributed by atoms with Crippen LogP contribution in [0, 0.1) is 0 Å². The molecule has 0 unspecified atom stereocenters. The molecule has 0 aliphatic rings. The number of nitrogens with zero attached hydrogens (tertiary/aromatic N) is 1. The van der Waals surface area contributed by atoms with Crippen LogP contribution in [0.4, 0.5) is 9.59 Å². The maximum Gasteiger partial charge on any atom is 0.414 e. The molecule has 7 nitrogen and oxygen atoms in total. The molecule has 0 heterocycles. The average molecular weight is 418 g/mol. The lowest BCUT2D eigenvalue weighted by Gasteiger charge is -2.22. The number of carbonyl (C=O) groups excluding carboxylic acids is 2. The van der Waals surface area contributed by atoms with Crippen LogP contribution in [0.5, 0.6) is 0 Å². The molecule has 0 fully saturated rings. The number of hydrogen-bond acceptors (Lipinski definition) is 5. The zero-order chi connectivity index (χ0) is 20.8. The summed E-state index contributed by atoms with van der Waals surface area (Å²) in [6, 6.07) is 4.93. The molecule has 150 valence electrons. The molecule has 0 radical (unpaired) electrons. The molecule has 1 aromatic rings. The summed E-state index contributed by atoms with van der Waals surface area (Å²) >= 11 is 12.1. The van der Waals surface area contributed by atoms with Crippen molar-refractivity contribution >= 4 is 41.3 Å². The van der Waals surface area contributed by atoms with Crippen LogP contribution in [0.3, 0.4) is 0 Å². The summed E-state index contributed by atoms with van der Waals surface area (Å²) in [5, 5.41) is 5.74. The van der Waals surface area contributed by atoms with Gasteiger partial charge in [-0.25, -0.2) is 14.6 Å². The van der Waals surface area contributed by atoms with Crippen molar-refractivity contribution < 1.29 is 19.1 Å². The molecule has 2 N–H and O–H groups in total. The van der Waals surface area contributed by atoms with Crippen LogP contribution in [-0.4, -0.2) is 29.3 Å². The van der Waals surface area contributed by atoms with E-state index in [0.717, 1.165) is 0 Å². The monoisotopic (exact) mass is 417 g/mol. The summed E-state index contributed by atoms with van der Waals surface area (Å²) in [5.41, 5.74) is -0.798. The van der Waals surface area contributed by atoms with E-state index >= 15 is 0 Å². The third kappa shape index (κ3) is 10.1. The molecule has 0 saturated heterocycles. The predicted molar refractivity (Wildman–Crippen MR) is 106 cm³/mol. The third-order valence-electron chi connectivity index (χ3n) is 2.65. The molecule has 9 heteroatoms. The minimum absolute atomic E-state index is 0.0698.